The molecule has 0 radical (unpaired) electrons. The Morgan fingerprint density at radius 1 is 1.37 bits per heavy atom. The van der Waals surface area contributed by atoms with Gasteiger partial charge in [-0.15, -0.1) is 0 Å². The van der Waals surface area contributed by atoms with Crippen molar-refractivity contribution in [3.8, 4) is 0 Å². The molecule has 3 unspecified atom stereocenters. The zero-order valence-corrected chi connectivity index (χ0v) is 11.1. The average molecular weight is 257 g/mol. The van der Waals surface area contributed by atoms with Crippen LogP contribution in [0.2, 0.25) is 0 Å². The van der Waals surface area contributed by atoms with Gasteiger partial charge < -0.3 is 11.1 Å². The number of H-pyrrole nitrogens is 1. The van der Waals surface area contributed by atoms with Crippen LogP contribution in [-0.4, -0.2) is 21.2 Å². The molecular weight excluding hydrogens is 238 g/mol. The number of nitrogens with two attached hydrogens (primary N) is 1. The summed E-state index contributed by atoms with van der Waals surface area (Å²) in [7, 11) is 0. The molecule has 4 N–H and O–H groups in total. The maximum Gasteiger partial charge on any atom is 0.185 e. The van der Waals surface area contributed by atoms with E-state index in [1.807, 2.05) is 0 Å². The first-order chi connectivity index (χ1) is 9.20. The van der Waals surface area contributed by atoms with Crippen molar-refractivity contribution >= 4 is 22.7 Å². The molecule has 0 spiro atoms. The number of pyridine rings is 1. The van der Waals surface area contributed by atoms with Crippen LogP contribution in [-0.2, 0) is 0 Å². The monoisotopic (exact) mass is 257 g/mol. The molecule has 3 atom stereocenters. The van der Waals surface area contributed by atoms with Gasteiger partial charge in [-0.2, -0.15) is 5.10 Å². The van der Waals surface area contributed by atoms with Gasteiger partial charge in [0.2, 0.25) is 0 Å². The lowest BCUT2D eigenvalue weighted by Crippen LogP contribution is -2.26. The third-order valence-corrected chi connectivity index (χ3v) is 4.83. The van der Waals surface area contributed by atoms with Crippen molar-refractivity contribution in [2.75, 3.05) is 11.1 Å². The molecule has 2 saturated carbocycles. The Morgan fingerprint density at radius 2 is 2.26 bits per heavy atom. The Kier molecular flexibility index (Phi) is 2.25. The standard InChI is InChI=1S/C14H19N5/c1-7-4-10-12(15)18-19-14(10)17-13(7)16-11-6-8-2-3-9(11)5-8/h4,8-9,11H,2-3,5-6H2,1H3,(H4,15,16,17,18,19). The molecule has 19 heavy (non-hydrogen) atoms. The lowest BCUT2D eigenvalue weighted by atomic mass is 9.95. The van der Waals surface area contributed by atoms with Crippen molar-refractivity contribution in [3.63, 3.8) is 0 Å². The molecule has 2 aromatic rings. The van der Waals surface area contributed by atoms with Gasteiger partial charge in [0.25, 0.3) is 0 Å². The van der Waals surface area contributed by atoms with Gasteiger partial charge in [0.1, 0.15) is 11.6 Å². The number of aryl methyl sites for hydroxylation is 1. The maximum absolute atomic E-state index is 5.83. The van der Waals surface area contributed by atoms with Crippen LogP contribution >= 0.6 is 0 Å². The summed E-state index contributed by atoms with van der Waals surface area (Å²) >= 11 is 0. The number of hydrogen-bond acceptors (Lipinski definition) is 4. The zero-order valence-electron chi connectivity index (χ0n) is 11.1. The zero-order chi connectivity index (χ0) is 13.0. The van der Waals surface area contributed by atoms with Gasteiger partial charge in [-0.3, -0.25) is 5.10 Å². The summed E-state index contributed by atoms with van der Waals surface area (Å²) in [6, 6.07) is 2.66. The van der Waals surface area contributed by atoms with Crippen LogP contribution in [0.1, 0.15) is 31.2 Å². The van der Waals surface area contributed by atoms with Crippen LogP contribution in [0.3, 0.4) is 0 Å². The molecule has 2 fully saturated rings. The highest BCUT2D eigenvalue weighted by atomic mass is 15.2. The summed E-state index contributed by atoms with van der Waals surface area (Å²) in [6.45, 7) is 2.08. The first-order valence-corrected chi connectivity index (χ1v) is 7.08. The van der Waals surface area contributed by atoms with E-state index in [4.69, 9.17) is 5.73 Å². The van der Waals surface area contributed by atoms with Crippen LogP contribution in [0.4, 0.5) is 11.6 Å². The lowest BCUT2D eigenvalue weighted by molar-refractivity contribution is 0.439. The topological polar surface area (TPSA) is 79.6 Å². The van der Waals surface area contributed by atoms with Gasteiger partial charge in [-0.1, -0.05) is 6.42 Å². The Hall–Kier alpha value is -1.78. The molecule has 0 saturated heterocycles. The molecule has 5 nitrogen and oxygen atoms in total. The van der Waals surface area contributed by atoms with Crippen LogP contribution in [0.25, 0.3) is 11.0 Å². The van der Waals surface area contributed by atoms with Gasteiger partial charge in [0, 0.05) is 6.04 Å². The van der Waals surface area contributed by atoms with Crippen LogP contribution < -0.4 is 11.1 Å². The van der Waals surface area contributed by atoms with Crippen molar-refractivity contribution in [2.24, 2.45) is 11.8 Å². The molecule has 5 heteroatoms. The lowest BCUT2D eigenvalue weighted by Gasteiger charge is -2.24. The van der Waals surface area contributed by atoms with E-state index < -0.39 is 0 Å². The Balaban J connectivity index is 1.65. The summed E-state index contributed by atoms with van der Waals surface area (Å²) in [5.74, 6) is 3.34. The second kappa shape index (κ2) is 3.85. The van der Waals surface area contributed by atoms with E-state index in [1.54, 1.807) is 0 Å². The van der Waals surface area contributed by atoms with E-state index in [1.165, 1.54) is 25.7 Å². The summed E-state index contributed by atoms with van der Waals surface area (Å²) in [5, 5.41) is 11.5. The second-order valence-electron chi connectivity index (χ2n) is 6.09. The molecule has 100 valence electrons. The van der Waals surface area contributed by atoms with E-state index in [9.17, 15) is 0 Å². The number of hydrogen-bond donors (Lipinski definition) is 3. The molecule has 2 heterocycles. The van der Waals surface area contributed by atoms with Crippen molar-refractivity contribution in [1.29, 1.82) is 0 Å². The average Bonchev–Trinajstić information content (AvgIpc) is 3.08. The third kappa shape index (κ3) is 1.68. The maximum atomic E-state index is 5.83. The number of nitrogens with zero attached hydrogens (tertiary/aromatic N) is 2. The Morgan fingerprint density at radius 3 is 3.00 bits per heavy atom. The molecular formula is C14H19N5. The quantitative estimate of drug-likeness (QED) is 0.772. The van der Waals surface area contributed by atoms with Gasteiger partial charge in [0.15, 0.2) is 5.65 Å². The molecule has 0 amide bonds. The highest BCUT2D eigenvalue weighted by Gasteiger charge is 2.39. The summed E-state index contributed by atoms with van der Waals surface area (Å²) in [4.78, 5) is 4.61. The Bertz CT molecular complexity index is 632. The number of anilines is 2. The fourth-order valence-corrected chi connectivity index (χ4v) is 3.80. The fourth-order valence-electron chi connectivity index (χ4n) is 3.80. The predicted octanol–water partition coefficient (Wildman–Crippen LogP) is 2.45. The molecule has 4 rings (SSSR count). The number of rotatable bonds is 2. The number of nitrogen functional groups attached to an aromatic ring is 1. The minimum absolute atomic E-state index is 0.595. The molecule has 0 aromatic carbocycles. The van der Waals surface area contributed by atoms with E-state index in [-0.39, 0.29) is 0 Å². The predicted molar refractivity (Wildman–Crippen MR) is 75.9 cm³/mol. The molecule has 2 aliphatic rings. The van der Waals surface area contributed by atoms with Gasteiger partial charge in [-0.25, -0.2) is 4.98 Å². The number of nitrogens with one attached hydrogen (secondary N) is 2. The first kappa shape index (κ1) is 11.1. The van der Waals surface area contributed by atoms with Gasteiger partial charge in [-0.05, 0) is 49.7 Å². The first-order valence-electron chi connectivity index (χ1n) is 7.08. The number of aromatic nitrogens is 3. The summed E-state index contributed by atoms with van der Waals surface area (Å²) in [5.41, 5.74) is 7.67. The number of aromatic amines is 1. The Labute approximate surface area is 112 Å². The van der Waals surface area contributed by atoms with Crippen molar-refractivity contribution < 1.29 is 0 Å². The fraction of sp³-hybridized carbons (Fsp3) is 0.571. The van der Waals surface area contributed by atoms with Crippen molar-refractivity contribution in [1.82, 2.24) is 15.2 Å². The largest absolute Gasteiger partial charge is 0.384 e. The van der Waals surface area contributed by atoms with E-state index in [0.717, 1.165) is 28.6 Å². The van der Waals surface area contributed by atoms with Crippen LogP contribution in [0.5, 0.6) is 0 Å². The highest BCUT2D eigenvalue weighted by molar-refractivity contribution is 5.87. The van der Waals surface area contributed by atoms with E-state index in [2.05, 4.69) is 33.5 Å². The normalized spacial score (nSPS) is 29.2. The summed E-state index contributed by atoms with van der Waals surface area (Å²) < 4.78 is 0. The molecule has 0 aliphatic heterocycles. The highest BCUT2D eigenvalue weighted by Crippen LogP contribution is 2.45. The van der Waals surface area contributed by atoms with Crippen molar-refractivity contribution in [3.05, 3.63) is 11.6 Å². The molecule has 2 bridgehead atoms. The minimum atomic E-state index is 0.595. The summed E-state index contributed by atoms with van der Waals surface area (Å²) in [6.07, 6.45) is 5.49. The molecule has 2 aromatic heterocycles. The SMILES string of the molecule is Cc1cc2c(N)[nH]nc2nc1NC1CC2CCC1C2. The second-order valence-corrected chi connectivity index (χ2v) is 6.09. The number of fused-ring (bicyclic) bond motifs is 3. The van der Waals surface area contributed by atoms with Gasteiger partial charge in [0.05, 0.1) is 5.39 Å². The van der Waals surface area contributed by atoms with Crippen LogP contribution in [0, 0.1) is 18.8 Å². The van der Waals surface area contributed by atoms with E-state index in [0.29, 0.717) is 17.5 Å². The van der Waals surface area contributed by atoms with E-state index >= 15 is 0 Å². The van der Waals surface area contributed by atoms with Crippen molar-refractivity contribution in [2.45, 2.75) is 38.6 Å². The third-order valence-electron chi connectivity index (χ3n) is 4.83. The van der Waals surface area contributed by atoms with Crippen LogP contribution in [0.15, 0.2) is 6.07 Å². The minimum Gasteiger partial charge on any atom is -0.384 e. The van der Waals surface area contributed by atoms with Gasteiger partial charge >= 0.3 is 0 Å². The molecule has 2 aliphatic carbocycles. The smallest absolute Gasteiger partial charge is 0.185 e.